The largest absolute Gasteiger partial charge is 0.460 e. The van der Waals surface area contributed by atoms with Crippen LogP contribution in [0.25, 0.3) is 11.4 Å². The van der Waals surface area contributed by atoms with E-state index in [9.17, 15) is 18.0 Å². The number of halogens is 3. The van der Waals surface area contributed by atoms with Crippen LogP contribution in [0.4, 0.5) is 13.2 Å². The van der Waals surface area contributed by atoms with Crippen molar-refractivity contribution in [1.29, 1.82) is 0 Å². The number of nitrogens with zero attached hydrogens (tertiary/aromatic N) is 3. The van der Waals surface area contributed by atoms with Gasteiger partial charge in [-0.25, -0.2) is 14.8 Å². The number of esters is 1. The van der Waals surface area contributed by atoms with Crippen molar-refractivity contribution in [2.45, 2.75) is 20.0 Å². The highest BCUT2D eigenvalue weighted by Gasteiger charge is 2.33. The molecule has 0 aliphatic carbocycles. The first-order chi connectivity index (χ1) is 9.82. The molecule has 2 rings (SSSR count). The van der Waals surface area contributed by atoms with E-state index in [1.807, 2.05) is 0 Å². The van der Waals surface area contributed by atoms with Gasteiger partial charge in [0, 0.05) is 11.3 Å². The van der Waals surface area contributed by atoms with Gasteiger partial charge in [-0.1, -0.05) is 0 Å². The fourth-order valence-electron chi connectivity index (χ4n) is 1.63. The number of aromatic nitrogens is 4. The van der Waals surface area contributed by atoms with Crippen LogP contribution in [0, 0.1) is 6.92 Å². The van der Waals surface area contributed by atoms with Crippen molar-refractivity contribution in [3.63, 3.8) is 0 Å². The van der Waals surface area contributed by atoms with E-state index >= 15 is 0 Å². The number of rotatable bonds is 3. The van der Waals surface area contributed by atoms with Gasteiger partial charge in [0.1, 0.15) is 5.69 Å². The Bertz CT molecular complexity index is 667. The van der Waals surface area contributed by atoms with Crippen LogP contribution in [-0.4, -0.2) is 32.7 Å². The lowest BCUT2D eigenvalue weighted by molar-refractivity contribution is -0.141. The molecule has 0 amide bonds. The number of pyridine rings is 1. The highest BCUT2D eigenvalue weighted by molar-refractivity contribution is 5.85. The van der Waals surface area contributed by atoms with E-state index < -0.39 is 17.8 Å². The molecule has 112 valence electrons. The van der Waals surface area contributed by atoms with Crippen LogP contribution < -0.4 is 0 Å². The Labute approximate surface area is 117 Å². The van der Waals surface area contributed by atoms with Gasteiger partial charge in [0.15, 0.2) is 5.82 Å². The molecule has 0 atom stereocenters. The monoisotopic (exact) mass is 300 g/mol. The SMILES string of the molecule is CCOC(=O)c1nc(-c2ccc(C(F)(F)F)nc2C)n[nH]1. The maximum Gasteiger partial charge on any atom is 0.433 e. The Morgan fingerprint density at radius 1 is 1.33 bits per heavy atom. The van der Waals surface area contributed by atoms with Gasteiger partial charge in [-0.15, -0.1) is 0 Å². The Kier molecular flexibility index (Phi) is 3.92. The number of hydrogen-bond acceptors (Lipinski definition) is 5. The Morgan fingerprint density at radius 3 is 2.62 bits per heavy atom. The van der Waals surface area contributed by atoms with Crippen LogP contribution in [-0.2, 0) is 10.9 Å². The minimum absolute atomic E-state index is 0.0803. The predicted octanol–water partition coefficient (Wildman–Crippen LogP) is 2.37. The molecular weight excluding hydrogens is 289 g/mol. The smallest absolute Gasteiger partial charge is 0.433 e. The zero-order chi connectivity index (χ0) is 15.6. The van der Waals surface area contributed by atoms with E-state index in [1.54, 1.807) is 6.92 Å². The van der Waals surface area contributed by atoms with Gasteiger partial charge < -0.3 is 4.74 Å². The van der Waals surface area contributed by atoms with E-state index in [0.29, 0.717) is 5.56 Å². The second-order valence-corrected chi connectivity index (χ2v) is 4.06. The molecule has 0 fully saturated rings. The Balaban J connectivity index is 2.33. The number of H-pyrrole nitrogens is 1. The topological polar surface area (TPSA) is 80.8 Å². The molecule has 0 aliphatic rings. The van der Waals surface area contributed by atoms with Crippen molar-refractivity contribution in [3.05, 3.63) is 29.3 Å². The van der Waals surface area contributed by atoms with Gasteiger partial charge in [0.25, 0.3) is 0 Å². The molecule has 21 heavy (non-hydrogen) atoms. The first-order valence-corrected chi connectivity index (χ1v) is 5.97. The molecule has 0 saturated carbocycles. The lowest BCUT2D eigenvalue weighted by Gasteiger charge is -2.07. The molecule has 0 aromatic carbocycles. The average molecular weight is 300 g/mol. The van der Waals surface area contributed by atoms with Gasteiger partial charge >= 0.3 is 12.1 Å². The molecule has 0 radical (unpaired) electrons. The van der Waals surface area contributed by atoms with E-state index in [4.69, 9.17) is 4.74 Å². The molecule has 1 N–H and O–H groups in total. The lowest BCUT2D eigenvalue weighted by Crippen LogP contribution is -2.09. The Hall–Kier alpha value is -2.45. The molecular formula is C12H11F3N4O2. The highest BCUT2D eigenvalue weighted by Crippen LogP contribution is 2.29. The molecule has 0 bridgehead atoms. The summed E-state index contributed by atoms with van der Waals surface area (Å²) >= 11 is 0. The quantitative estimate of drug-likeness (QED) is 0.880. The van der Waals surface area contributed by atoms with Crippen LogP contribution in [0.2, 0.25) is 0 Å². The molecule has 2 heterocycles. The molecule has 0 unspecified atom stereocenters. The third-order valence-electron chi connectivity index (χ3n) is 2.57. The number of aromatic amines is 1. The van der Waals surface area contributed by atoms with Crippen LogP contribution in [0.15, 0.2) is 12.1 Å². The first-order valence-electron chi connectivity index (χ1n) is 5.97. The van der Waals surface area contributed by atoms with E-state index in [-0.39, 0.29) is 23.9 Å². The molecule has 6 nitrogen and oxygen atoms in total. The van der Waals surface area contributed by atoms with Gasteiger partial charge in [0.2, 0.25) is 5.82 Å². The molecule has 2 aromatic heterocycles. The number of carbonyl (C=O) groups is 1. The zero-order valence-electron chi connectivity index (χ0n) is 11.2. The number of alkyl halides is 3. The van der Waals surface area contributed by atoms with Gasteiger partial charge in [-0.05, 0) is 26.0 Å². The minimum Gasteiger partial charge on any atom is -0.460 e. The maximum absolute atomic E-state index is 12.5. The normalized spacial score (nSPS) is 11.5. The van der Waals surface area contributed by atoms with Crippen molar-refractivity contribution in [3.8, 4) is 11.4 Å². The summed E-state index contributed by atoms with van der Waals surface area (Å²) in [5.41, 5.74) is -0.584. The Morgan fingerprint density at radius 2 is 2.05 bits per heavy atom. The lowest BCUT2D eigenvalue weighted by atomic mass is 10.1. The van der Waals surface area contributed by atoms with Crippen LogP contribution in [0.3, 0.4) is 0 Å². The summed E-state index contributed by atoms with van der Waals surface area (Å²) in [7, 11) is 0. The number of ether oxygens (including phenoxy) is 1. The average Bonchev–Trinajstić information content (AvgIpc) is 2.87. The van der Waals surface area contributed by atoms with Crippen LogP contribution in [0.5, 0.6) is 0 Å². The molecule has 0 aliphatic heterocycles. The summed E-state index contributed by atoms with van der Waals surface area (Å²) < 4.78 is 42.3. The summed E-state index contributed by atoms with van der Waals surface area (Å²) in [6.07, 6.45) is -4.52. The van der Waals surface area contributed by atoms with Crippen molar-refractivity contribution in [1.82, 2.24) is 20.2 Å². The van der Waals surface area contributed by atoms with Crippen molar-refractivity contribution < 1.29 is 22.7 Å². The number of carbonyl (C=O) groups excluding carboxylic acids is 1. The summed E-state index contributed by atoms with van der Waals surface area (Å²) in [5.74, 6) is -0.725. The second kappa shape index (κ2) is 5.51. The minimum atomic E-state index is -4.52. The second-order valence-electron chi connectivity index (χ2n) is 4.06. The van der Waals surface area contributed by atoms with Gasteiger partial charge in [-0.3, -0.25) is 5.10 Å². The van der Waals surface area contributed by atoms with E-state index in [0.717, 1.165) is 6.07 Å². The van der Waals surface area contributed by atoms with Crippen molar-refractivity contribution >= 4 is 5.97 Å². The van der Waals surface area contributed by atoms with Gasteiger partial charge in [-0.2, -0.15) is 18.3 Å². The standard InChI is InChI=1S/C12H11F3N4O2/c1-3-21-11(20)10-17-9(18-19-10)7-4-5-8(12(13,14)15)16-6(7)2/h4-5H,3H2,1-2H3,(H,17,18,19). The summed E-state index contributed by atoms with van der Waals surface area (Å²) in [6, 6.07) is 2.05. The summed E-state index contributed by atoms with van der Waals surface area (Å²) in [4.78, 5) is 18.8. The van der Waals surface area contributed by atoms with E-state index in [1.165, 1.54) is 13.0 Å². The maximum atomic E-state index is 12.5. The van der Waals surface area contributed by atoms with Crippen LogP contribution in [0.1, 0.15) is 28.9 Å². The van der Waals surface area contributed by atoms with Crippen molar-refractivity contribution in [2.75, 3.05) is 6.61 Å². The molecule has 0 saturated heterocycles. The highest BCUT2D eigenvalue weighted by atomic mass is 19.4. The van der Waals surface area contributed by atoms with Crippen LogP contribution >= 0.6 is 0 Å². The van der Waals surface area contributed by atoms with Crippen molar-refractivity contribution in [2.24, 2.45) is 0 Å². The first kappa shape index (κ1) is 14.9. The van der Waals surface area contributed by atoms with E-state index in [2.05, 4.69) is 20.2 Å². The molecule has 0 spiro atoms. The number of hydrogen-bond donors (Lipinski definition) is 1. The fourth-order valence-corrected chi connectivity index (χ4v) is 1.63. The summed E-state index contributed by atoms with van der Waals surface area (Å²) in [6.45, 7) is 3.22. The molecule has 2 aromatic rings. The number of nitrogens with one attached hydrogen (secondary N) is 1. The third kappa shape index (κ3) is 3.18. The summed E-state index contributed by atoms with van der Waals surface area (Å²) in [5, 5.41) is 6.16. The zero-order valence-corrected chi connectivity index (χ0v) is 11.2. The third-order valence-corrected chi connectivity index (χ3v) is 2.57. The molecule has 9 heteroatoms. The number of aryl methyl sites for hydroxylation is 1. The fraction of sp³-hybridized carbons (Fsp3) is 0.333. The van der Waals surface area contributed by atoms with Gasteiger partial charge in [0.05, 0.1) is 6.61 Å². The predicted molar refractivity (Wildman–Crippen MR) is 65.3 cm³/mol.